The van der Waals surface area contributed by atoms with Gasteiger partial charge in [0.15, 0.2) is 5.82 Å². The molecule has 9 aromatic rings. The number of aryl methyl sites for hydroxylation is 2. The molecule has 0 amide bonds. The third kappa shape index (κ3) is 7.42. The van der Waals surface area contributed by atoms with E-state index >= 15 is 0 Å². The van der Waals surface area contributed by atoms with E-state index in [0.717, 1.165) is 77.9 Å². The van der Waals surface area contributed by atoms with Gasteiger partial charge in [-0.2, -0.15) is 0 Å². The molecule has 0 atom stereocenters. The number of tetrazole rings is 1. The lowest BCUT2D eigenvalue weighted by atomic mass is 9.77. The van der Waals surface area contributed by atoms with Crippen molar-refractivity contribution in [2.45, 2.75) is 51.8 Å². The quantitative estimate of drug-likeness (QED) is 0.115. The minimum Gasteiger partial charge on any atom is -0.455 e. The highest BCUT2D eigenvalue weighted by Crippen LogP contribution is 2.43. The molecule has 61 heavy (non-hydrogen) atoms. The van der Waals surface area contributed by atoms with Crippen LogP contribution in [0.1, 0.15) is 63.8 Å². The van der Waals surface area contributed by atoms with E-state index in [1.54, 1.807) is 0 Å². The second-order valence-corrected chi connectivity index (χ2v) is 16.1. The van der Waals surface area contributed by atoms with Gasteiger partial charge in [-0.05, 0) is 85.2 Å². The van der Waals surface area contributed by atoms with Gasteiger partial charge in [0.2, 0.25) is 0 Å². The average Bonchev–Trinajstić information content (AvgIpc) is 3.93. The summed E-state index contributed by atoms with van der Waals surface area (Å²) >= 11 is 3.88. The molecule has 3 heterocycles. The van der Waals surface area contributed by atoms with Gasteiger partial charge in [0.1, 0.15) is 22.7 Å². The minimum atomic E-state index is -0.869. The predicted octanol–water partition coefficient (Wildman–Crippen LogP) is 10.3. The highest BCUT2D eigenvalue weighted by Gasteiger charge is 2.41. The van der Waals surface area contributed by atoms with E-state index in [0.29, 0.717) is 36.5 Å². The van der Waals surface area contributed by atoms with Crippen LogP contribution >= 0.6 is 15.9 Å². The zero-order valence-corrected chi connectivity index (χ0v) is 35.5. The standard InChI is InChI=1S/C51H43BrN6O3/c1-3-14-46-53-34(2)43(30-35-15-13-16-37(29-35)33-59)50(60)57(46)32-36-23-28-45-44(31-36)47(52)48(61-45)38-24-26-39(27-25-38)49-54-55-56-58(49)51(40-17-7-4-8-18-40,41-19-9-5-10-20-41)42-21-11-6-12-22-42/h4-13,15-29,31,59H,3,14,30,32-33H2,1-2H3. The molecule has 0 spiro atoms. The van der Waals surface area contributed by atoms with Crippen molar-refractivity contribution >= 4 is 26.9 Å². The van der Waals surface area contributed by atoms with E-state index in [1.807, 2.05) is 131 Å². The molecule has 0 aliphatic heterocycles. The van der Waals surface area contributed by atoms with Crippen molar-refractivity contribution in [3.05, 3.63) is 223 Å². The first-order chi connectivity index (χ1) is 29.9. The van der Waals surface area contributed by atoms with Gasteiger partial charge in [0.05, 0.1) is 17.6 Å². The molecular weight excluding hydrogens is 825 g/mol. The van der Waals surface area contributed by atoms with Crippen LogP contribution in [0.2, 0.25) is 0 Å². The van der Waals surface area contributed by atoms with E-state index in [9.17, 15) is 9.90 Å². The number of hydrogen-bond acceptors (Lipinski definition) is 7. The molecule has 0 fully saturated rings. The Morgan fingerprint density at radius 1 is 0.721 bits per heavy atom. The first kappa shape index (κ1) is 39.7. The Morgan fingerprint density at radius 2 is 1.34 bits per heavy atom. The van der Waals surface area contributed by atoms with Gasteiger partial charge in [0.25, 0.3) is 5.56 Å². The molecule has 1 N–H and O–H groups in total. The lowest BCUT2D eigenvalue weighted by Crippen LogP contribution is -2.39. The summed E-state index contributed by atoms with van der Waals surface area (Å²) in [5.41, 5.74) is 8.75. The molecule has 6 aromatic carbocycles. The number of nitrogens with zero attached hydrogens (tertiary/aromatic N) is 6. The Balaban J connectivity index is 1.06. The van der Waals surface area contributed by atoms with E-state index in [-0.39, 0.29) is 12.2 Å². The summed E-state index contributed by atoms with van der Waals surface area (Å²) in [5.74, 6) is 2.07. The normalized spacial score (nSPS) is 11.7. The number of rotatable bonds is 13. The van der Waals surface area contributed by atoms with Crippen molar-refractivity contribution < 1.29 is 9.52 Å². The van der Waals surface area contributed by atoms with Gasteiger partial charge in [-0.15, -0.1) is 5.10 Å². The molecular formula is C51H43BrN6O3. The van der Waals surface area contributed by atoms with Crippen LogP contribution in [0.15, 0.2) is 171 Å². The van der Waals surface area contributed by atoms with Crippen molar-refractivity contribution in [1.82, 2.24) is 29.8 Å². The Hall–Kier alpha value is -6.75. The zero-order valence-electron chi connectivity index (χ0n) is 33.9. The van der Waals surface area contributed by atoms with Gasteiger partial charge < -0.3 is 9.52 Å². The summed E-state index contributed by atoms with van der Waals surface area (Å²) in [5, 5.41) is 24.2. The summed E-state index contributed by atoms with van der Waals surface area (Å²) in [4.78, 5) is 19.2. The number of aliphatic hydroxyl groups is 1. The number of aliphatic hydroxyl groups excluding tert-OH is 1. The lowest BCUT2D eigenvalue weighted by Gasteiger charge is -2.36. The van der Waals surface area contributed by atoms with Crippen LogP contribution in [0.25, 0.3) is 33.7 Å². The second kappa shape index (κ2) is 17.1. The third-order valence-electron chi connectivity index (χ3n) is 11.4. The van der Waals surface area contributed by atoms with Crippen molar-refractivity contribution in [2.24, 2.45) is 0 Å². The maximum absolute atomic E-state index is 14.2. The topological polar surface area (TPSA) is 112 Å². The van der Waals surface area contributed by atoms with Crippen LogP contribution < -0.4 is 5.56 Å². The molecule has 0 bridgehead atoms. The fourth-order valence-electron chi connectivity index (χ4n) is 8.43. The Morgan fingerprint density at radius 3 is 1.97 bits per heavy atom. The number of aromatic nitrogens is 6. The zero-order chi connectivity index (χ0) is 41.9. The predicted molar refractivity (Wildman–Crippen MR) is 242 cm³/mol. The summed E-state index contributed by atoms with van der Waals surface area (Å²) in [6, 6.07) is 52.9. The van der Waals surface area contributed by atoms with E-state index in [4.69, 9.17) is 14.6 Å². The molecule has 0 aliphatic rings. The number of halogens is 1. The van der Waals surface area contributed by atoms with Crippen LogP contribution in [0, 0.1) is 6.92 Å². The molecule has 0 aliphatic carbocycles. The summed E-state index contributed by atoms with van der Waals surface area (Å²) < 4.78 is 11.1. The number of benzene rings is 6. The largest absolute Gasteiger partial charge is 0.455 e. The monoisotopic (exact) mass is 866 g/mol. The van der Waals surface area contributed by atoms with Gasteiger partial charge in [-0.3, -0.25) is 9.36 Å². The Bertz CT molecular complexity index is 2920. The second-order valence-electron chi connectivity index (χ2n) is 15.3. The SMILES string of the molecule is CCCc1nc(C)c(Cc2cccc(CO)c2)c(=O)n1Cc1ccc2oc(-c3ccc(-c4nnnn4C(c4ccccc4)(c4ccccc4)c4ccccc4)cc3)c(Br)c2c1. The number of furan rings is 1. The highest BCUT2D eigenvalue weighted by atomic mass is 79.9. The molecule has 10 heteroatoms. The van der Waals surface area contributed by atoms with Gasteiger partial charge in [-0.1, -0.05) is 153 Å². The maximum atomic E-state index is 14.2. The first-order valence-corrected chi connectivity index (χ1v) is 21.2. The van der Waals surface area contributed by atoms with Gasteiger partial charge >= 0.3 is 0 Å². The molecule has 9 nitrogen and oxygen atoms in total. The molecule has 0 unspecified atom stereocenters. The van der Waals surface area contributed by atoms with Crippen molar-refractivity contribution in [2.75, 3.05) is 0 Å². The van der Waals surface area contributed by atoms with Crippen LogP contribution in [0.5, 0.6) is 0 Å². The maximum Gasteiger partial charge on any atom is 0.257 e. The van der Waals surface area contributed by atoms with Crippen LogP contribution in [-0.4, -0.2) is 34.9 Å². The molecule has 302 valence electrons. The first-order valence-electron chi connectivity index (χ1n) is 20.4. The van der Waals surface area contributed by atoms with Gasteiger partial charge in [-0.25, -0.2) is 9.67 Å². The van der Waals surface area contributed by atoms with Crippen LogP contribution in [0.3, 0.4) is 0 Å². The van der Waals surface area contributed by atoms with Crippen molar-refractivity contribution in [3.8, 4) is 22.7 Å². The van der Waals surface area contributed by atoms with Crippen molar-refractivity contribution in [3.63, 3.8) is 0 Å². The van der Waals surface area contributed by atoms with Crippen LogP contribution in [-0.2, 0) is 31.5 Å². The molecule has 9 rings (SSSR count). The van der Waals surface area contributed by atoms with Crippen molar-refractivity contribution in [1.29, 1.82) is 0 Å². The molecule has 0 radical (unpaired) electrons. The van der Waals surface area contributed by atoms with E-state index in [2.05, 4.69) is 75.6 Å². The molecule has 3 aromatic heterocycles. The lowest BCUT2D eigenvalue weighted by molar-refractivity contribution is 0.281. The summed E-state index contributed by atoms with van der Waals surface area (Å²) in [6.45, 7) is 4.33. The fourth-order valence-corrected chi connectivity index (χ4v) is 9.05. The average molecular weight is 868 g/mol. The Kier molecular flexibility index (Phi) is 11.1. The fraction of sp³-hybridized carbons (Fsp3) is 0.157. The third-order valence-corrected chi connectivity index (χ3v) is 12.2. The molecule has 0 saturated carbocycles. The number of fused-ring (bicyclic) bond motifs is 1. The summed E-state index contributed by atoms with van der Waals surface area (Å²) in [6.07, 6.45) is 1.99. The summed E-state index contributed by atoms with van der Waals surface area (Å²) in [7, 11) is 0. The Labute approximate surface area is 362 Å². The van der Waals surface area contributed by atoms with Gasteiger partial charge in [0, 0.05) is 40.6 Å². The highest BCUT2D eigenvalue weighted by molar-refractivity contribution is 9.10. The number of hydrogen-bond donors (Lipinski definition) is 1. The minimum absolute atomic E-state index is 0.0444. The van der Waals surface area contributed by atoms with Crippen LogP contribution in [0.4, 0.5) is 0 Å². The van der Waals surface area contributed by atoms with E-state index in [1.165, 1.54) is 0 Å². The van der Waals surface area contributed by atoms with E-state index < -0.39 is 5.54 Å². The molecule has 0 saturated heterocycles. The smallest absolute Gasteiger partial charge is 0.257 e.